The topological polar surface area (TPSA) is 139 Å². The Morgan fingerprint density at radius 2 is 2.14 bits per heavy atom. The predicted octanol–water partition coefficient (Wildman–Crippen LogP) is -1.85. The minimum Gasteiger partial charge on any atom is -0.387 e. The number of aromatic nitrogens is 4. The van der Waals surface area contributed by atoms with E-state index in [9.17, 15) is 19.4 Å². The molecule has 5 N–H and O–H groups in total. The van der Waals surface area contributed by atoms with Crippen LogP contribution in [0.1, 0.15) is 12.1 Å². The van der Waals surface area contributed by atoms with Crippen molar-refractivity contribution in [2.75, 3.05) is 6.54 Å². The summed E-state index contributed by atoms with van der Waals surface area (Å²) >= 11 is 0. The molecule has 1 saturated heterocycles. The zero-order valence-corrected chi connectivity index (χ0v) is 11.0. The summed E-state index contributed by atoms with van der Waals surface area (Å²) in [7, 11) is 0. The molecule has 0 spiro atoms. The summed E-state index contributed by atoms with van der Waals surface area (Å²) in [4.78, 5) is 21.6. The third-order valence-electron chi connectivity index (χ3n) is 3.45. The SMILES string of the molecule is Cc1nc2c(nc(F)n2[C@@H]2O[C@H](CN)[C@@H](O)[C@H]2O)c(=O)[nH]1. The maximum absolute atomic E-state index is 14.1. The predicted molar refractivity (Wildman–Crippen MR) is 67.8 cm³/mol. The number of aliphatic hydroxyl groups is 2. The number of hydrogen-bond donors (Lipinski definition) is 4. The summed E-state index contributed by atoms with van der Waals surface area (Å²) in [6, 6.07) is 0. The third-order valence-corrected chi connectivity index (χ3v) is 3.45. The van der Waals surface area contributed by atoms with Gasteiger partial charge in [-0.1, -0.05) is 0 Å². The molecular weight excluding hydrogens is 285 g/mol. The lowest BCUT2D eigenvalue weighted by Gasteiger charge is -2.16. The normalized spacial score (nSPS) is 29.4. The van der Waals surface area contributed by atoms with E-state index in [-0.39, 0.29) is 23.5 Å². The van der Waals surface area contributed by atoms with Gasteiger partial charge in [0.15, 0.2) is 17.4 Å². The number of aryl methyl sites for hydroxylation is 1. The van der Waals surface area contributed by atoms with Crippen LogP contribution in [-0.2, 0) is 4.74 Å². The Morgan fingerprint density at radius 3 is 2.76 bits per heavy atom. The average Bonchev–Trinajstić information content (AvgIpc) is 2.89. The molecule has 21 heavy (non-hydrogen) atoms. The summed E-state index contributed by atoms with van der Waals surface area (Å²) in [6.45, 7) is 1.48. The fourth-order valence-corrected chi connectivity index (χ4v) is 2.43. The Morgan fingerprint density at radius 1 is 1.43 bits per heavy atom. The standard InChI is InChI=1S/C11H14FN5O4/c1-3-14-8-5(9(20)15-3)16-11(12)17(8)10-7(19)6(18)4(2-13)21-10/h4,6-7,10,18-19H,2,13H2,1H3,(H,14,15,20)/t4-,6-,7-,10-/m1/s1. The van der Waals surface area contributed by atoms with E-state index in [1.54, 1.807) is 0 Å². The van der Waals surface area contributed by atoms with Crippen molar-refractivity contribution in [1.29, 1.82) is 0 Å². The van der Waals surface area contributed by atoms with E-state index in [0.717, 1.165) is 4.57 Å². The number of rotatable bonds is 2. The van der Waals surface area contributed by atoms with Crippen molar-refractivity contribution < 1.29 is 19.3 Å². The van der Waals surface area contributed by atoms with Gasteiger partial charge in [-0.2, -0.15) is 9.37 Å². The second-order valence-corrected chi connectivity index (χ2v) is 4.86. The molecule has 9 nitrogen and oxygen atoms in total. The van der Waals surface area contributed by atoms with Gasteiger partial charge in [0, 0.05) is 6.54 Å². The first kappa shape index (κ1) is 14.1. The second-order valence-electron chi connectivity index (χ2n) is 4.86. The van der Waals surface area contributed by atoms with Crippen LogP contribution in [0.3, 0.4) is 0 Å². The minimum absolute atomic E-state index is 0.0456. The van der Waals surface area contributed by atoms with Crippen molar-refractivity contribution in [3.8, 4) is 0 Å². The molecule has 2 aromatic heterocycles. The van der Waals surface area contributed by atoms with E-state index in [4.69, 9.17) is 10.5 Å². The number of fused-ring (bicyclic) bond motifs is 1. The minimum atomic E-state index is -1.41. The molecule has 3 rings (SSSR count). The highest BCUT2D eigenvalue weighted by Crippen LogP contribution is 2.31. The van der Waals surface area contributed by atoms with Gasteiger partial charge in [0.05, 0.1) is 0 Å². The monoisotopic (exact) mass is 299 g/mol. The molecule has 114 valence electrons. The number of ether oxygens (including phenoxy) is 1. The molecule has 0 aromatic carbocycles. The lowest BCUT2D eigenvalue weighted by atomic mass is 10.1. The number of aromatic amines is 1. The molecular formula is C11H14FN5O4. The van der Waals surface area contributed by atoms with E-state index >= 15 is 0 Å². The van der Waals surface area contributed by atoms with Crippen LogP contribution in [0.25, 0.3) is 11.2 Å². The molecule has 10 heteroatoms. The second kappa shape index (κ2) is 4.84. The molecule has 0 unspecified atom stereocenters. The van der Waals surface area contributed by atoms with E-state index in [2.05, 4.69) is 15.0 Å². The van der Waals surface area contributed by atoms with Gasteiger partial charge in [0.2, 0.25) is 0 Å². The van der Waals surface area contributed by atoms with Gasteiger partial charge in [-0.05, 0) is 6.92 Å². The first-order valence-electron chi connectivity index (χ1n) is 6.30. The lowest BCUT2D eigenvalue weighted by Crippen LogP contribution is -2.35. The fraction of sp³-hybridized carbons (Fsp3) is 0.545. The molecule has 1 aliphatic rings. The van der Waals surface area contributed by atoms with Gasteiger partial charge >= 0.3 is 0 Å². The Kier molecular flexibility index (Phi) is 3.24. The Bertz CT molecular complexity index is 744. The highest BCUT2D eigenvalue weighted by molar-refractivity contribution is 5.69. The smallest absolute Gasteiger partial charge is 0.293 e. The highest BCUT2D eigenvalue weighted by Gasteiger charge is 2.44. The maximum Gasteiger partial charge on any atom is 0.293 e. The largest absolute Gasteiger partial charge is 0.387 e. The zero-order valence-electron chi connectivity index (χ0n) is 11.0. The number of nitrogens with two attached hydrogens (primary N) is 1. The number of nitrogens with zero attached hydrogens (tertiary/aromatic N) is 3. The Hall–Kier alpha value is -1.88. The van der Waals surface area contributed by atoms with Crippen molar-refractivity contribution >= 4 is 11.2 Å². The number of aliphatic hydroxyl groups excluding tert-OH is 2. The van der Waals surface area contributed by atoms with E-state index < -0.39 is 36.2 Å². The number of imidazole rings is 1. The molecule has 2 aromatic rings. The van der Waals surface area contributed by atoms with Crippen molar-refractivity contribution in [3.05, 3.63) is 22.3 Å². The number of hydrogen-bond acceptors (Lipinski definition) is 7. The van der Waals surface area contributed by atoms with Crippen molar-refractivity contribution in [1.82, 2.24) is 19.5 Å². The Balaban J connectivity index is 2.17. The molecule has 4 atom stereocenters. The number of nitrogens with one attached hydrogen (secondary N) is 1. The van der Waals surface area contributed by atoms with Crippen LogP contribution in [0.2, 0.25) is 0 Å². The first-order valence-corrected chi connectivity index (χ1v) is 6.30. The molecule has 0 saturated carbocycles. The van der Waals surface area contributed by atoms with E-state index in [0.29, 0.717) is 0 Å². The van der Waals surface area contributed by atoms with Crippen LogP contribution in [0.4, 0.5) is 4.39 Å². The average molecular weight is 299 g/mol. The molecule has 0 radical (unpaired) electrons. The van der Waals surface area contributed by atoms with Crippen LogP contribution in [0.15, 0.2) is 4.79 Å². The van der Waals surface area contributed by atoms with Crippen molar-refractivity contribution in [2.45, 2.75) is 31.5 Å². The fourth-order valence-electron chi connectivity index (χ4n) is 2.43. The number of halogens is 1. The molecule has 1 aliphatic heterocycles. The van der Waals surface area contributed by atoms with Crippen LogP contribution in [-0.4, -0.2) is 54.6 Å². The molecule has 3 heterocycles. The summed E-state index contributed by atoms with van der Waals surface area (Å²) in [5.74, 6) is 0.261. The van der Waals surface area contributed by atoms with Gasteiger partial charge in [-0.15, -0.1) is 0 Å². The Labute approximate surface area is 117 Å². The van der Waals surface area contributed by atoms with Crippen LogP contribution >= 0.6 is 0 Å². The molecule has 1 fully saturated rings. The van der Waals surface area contributed by atoms with Crippen LogP contribution in [0.5, 0.6) is 0 Å². The summed E-state index contributed by atoms with van der Waals surface area (Å²) in [5, 5.41) is 19.8. The van der Waals surface area contributed by atoms with E-state index in [1.807, 2.05) is 0 Å². The van der Waals surface area contributed by atoms with Crippen LogP contribution in [0, 0.1) is 13.0 Å². The van der Waals surface area contributed by atoms with Gasteiger partial charge < -0.3 is 25.7 Å². The highest BCUT2D eigenvalue weighted by atomic mass is 19.1. The number of H-pyrrole nitrogens is 1. The molecule has 0 aliphatic carbocycles. The van der Waals surface area contributed by atoms with Gasteiger partial charge in [0.1, 0.15) is 24.1 Å². The zero-order chi connectivity index (χ0) is 15.3. The van der Waals surface area contributed by atoms with Crippen molar-refractivity contribution in [3.63, 3.8) is 0 Å². The maximum atomic E-state index is 14.1. The molecule has 0 bridgehead atoms. The quantitative estimate of drug-likeness (QED) is 0.477. The van der Waals surface area contributed by atoms with Crippen molar-refractivity contribution in [2.24, 2.45) is 5.73 Å². The van der Waals surface area contributed by atoms with Gasteiger partial charge in [0.25, 0.3) is 11.6 Å². The third kappa shape index (κ3) is 2.03. The molecule has 0 amide bonds. The summed E-state index contributed by atoms with van der Waals surface area (Å²) < 4.78 is 20.3. The van der Waals surface area contributed by atoms with Crippen LogP contribution < -0.4 is 11.3 Å². The van der Waals surface area contributed by atoms with Gasteiger partial charge in [-0.3, -0.25) is 9.36 Å². The summed E-state index contributed by atoms with van der Waals surface area (Å²) in [5.41, 5.74) is 4.54. The summed E-state index contributed by atoms with van der Waals surface area (Å²) in [6.07, 6.45) is -5.81. The van der Waals surface area contributed by atoms with Gasteiger partial charge in [-0.25, -0.2) is 4.98 Å². The lowest BCUT2D eigenvalue weighted by molar-refractivity contribution is -0.0383. The first-order chi connectivity index (χ1) is 9.93. The van der Waals surface area contributed by atoms with E-state index in [1.165, 1.54) is 6.92 Å².